The van der Waals surface area contributed by atoms with Crippen LogP contribution in [-0.2, 0) is 6.54 Å². The summed E-state index contributed by atoms with van der Waals surface area (Å²) in [6.45, 7) is 6.19. The Hall–Kier alpha value is -1.26. The molecule has 2 N–H and O–H groups in total. The second-order valence-electron chi connectivity index (χ2n) is 5.32. The molecular weight excluding hydrogens is 284 g/mol. The van der Waals surface area contributed by atoms with Crippen molar-refractivity contribution < 1.29 is 0 Å². The van der Waals surface area contributed by atoms with Crippen molar-refractivity contribution >= 4 is 17.6 Å². The molecule has 0 aromatic heterocycles. The lowest BCUT2D eigenvalue weighted by Gasteiger charge is -2.24. The highest BCUT2D eigenvalue weighted by Crippen LogP contribution is 2.16. The van der Waals surface area contributed by atoms with Gasteiger partial charge in [-0.25, -0.2) is 0 Å². The van der Waals surface area contributed by atoms with Gasteiger partial charge in [-0.3, -0.25) is 9.89 Å². The maximum absolute atomic E-state index is 6.16. The maximum Gasteiger partial charge on any atom is 0.191 e. The van der Waals surface area contributed by atoms with E-state index in [2.05, 4.69) is 27.4 Å². The summed E-state index contributed by atoms with van der Waals surface area (Å²) in [6.07, 6.45) is 2.56. The van der Waals surface area contributed by atoms with Crippen LogP contribution < -0.4 is 10.6 Å². The molecule has 0 aliphatic carbocycles. The van der Waals surface area contributed by atoms with Crippen LogP contribution in [-0.4, -0.2) is 43.6 Å². The Balaban J connectivity index is 1.80. The molecule has 21 heavy (non-hydrogen) atoms. The Morgan fingerprint density at radius 3 is 2.90 bits per heavy atom. The number of aliphatic imine (C=N–C) groups is 1. The van der Waals surface area contributed by atoms with Gasteiger partial charge >= 0.3 is 0 Å². The van der Waals surface area contributed by atoms with Gasteiger partial charge in [0.1, 0.15) is 0 Å². The Morgan fingerprint density at radius 2 is 2.19 bits per heavy atom. The zero-order valence-corrected chi connectivity index (χ0v) is 13.7. The number of likely N-dealkylation sites (N-methyl/N-ethyl adjacent to an activating group) is 1. The second kappa shape index (κ2) is 8.25. The molecule has 1 aliphatic heterocycles. The molecule has 0 spiro atoms. The number of halogens is 1. The van der Waals surface area contributed by atoms with Gasteiger partial charge in [0.15, 0.2) is 5.96 Å². The minimum atomic E-state index is 0.619. The molecule has 1 aromatic carbocycles. The molecule has 5 heteroatoms. The summed E-state index contributed by atoms with van der Waals surface area (Å²) in [5.41, 5.74) is 1.08. The number of likely N-dealkylation sites (tertiary alicyclic amines) is 1. The average molecular weight is 309 g/mol. The van der Waals surface area contributed by atoms with Gasteiger partial charge in [0, 0.05) is 31.2 Å². The Bertz CT molecular complexity index is 475. The smallest absolute Gasteiger partial charge is 0.191 e. The average Bonchev–Trinajstić information content (AvgIpc) is 2.96. The van der Waals surface area contributed by atoms with Crippen molar-refractivity contribution in [3.8, 4) is 0 Å². The van der Waals surface area contributed by atoms with E-state index >= 15 is 0 Å². The molecule has 0 saturated carbocycles. The summed E-state index contributed by atoms with van der Waals surface area (Å²) in [4.78, 5) is 6.80. The Morgan fingerprint density at radius 1 is 1.38 bits per heavy atom. The summed E-state index contributed by atoms with van der Waals surface area (Å²) >= 11 is 6.16. The predicted octanol–water partition coefficient (Wildman–Crippen LogP) is 2.49. The molecule has 1 atom stereocenters. The van der Waals surface area contributed by atoms with E-state index in [1.54, 1.807) is 7.05 Å². The maximum atomic E-state index is 6.16. The molecule has 1 aliphatic rings. The zero-order valence-electron chi connectivity index (χ0n) is 12.9. The normalized spacial score (nSPS) is 19.8. The van der Waals surface area contributed by atoms with Gasteiger partial charge in [0.05, 0.1) is 0 Å². The SMILES string of the molecule is CCN1CCCC1CNC(=NC)NCc1ccccc1Cl. The molecule has 0 amide bonds. The fourth-order valence-corrected chi connectivity index (χ4v) is 3.00. The molecule has 116 valence electrons. The van der Waals surface area contributed by atoms with Crippen LogP contribution in [0, 0.1) is 0 Å². The summed E-state index contributed by atoms with van der Waals surface area (Å²) in [7, 11) is 1.80. The van der Waals surface area contributed by atoms with Crippen molar-refractivity contribution in [1.82, 2.24) is 15.5 Å². The first-order chi connectivity index (χ1) is 10.2. The van der Waals surface area contributed by atoms with E-state index in [1.807, 2.05) is 24.3 Å². The largest absolute Gasteiger partial charge is 0.355 e. The third-order valence-corrected chi connectivity index (χ3v) is 4.41. The molecule has 1 unspecified atom stereocenters. The quantitative estimate of drug-likeness (QED) is 0.648. The van der Waals surface area contributed by atoms with Crippen LogP contribution in [0.4, 0.5) is 0 Å². The molecule has 1 saturated heterocycles. The van der Waals surface area contributed by atoms with Crippen LogP contribution in [0.5, 0.6) is 0 Å². The van der Waals surface area contributed by atoms with E-state index in [0.717, 1.165) is 29.6 Å². The highest BCUT2D eigenvalue weighted by Gasteiger charge is 2.22. The van der Waals surface area contributed by atoms with Crippen molar-refractivity contribution in [1.29, 1.82) is 0 Å². The first-order valence-electron chi connectivity index (χ1n) is 7.66. The van der Waals surface area contributed by atoms with E-state index < -0.39 is 0 Å². The van der Waals surface area contributed by atoms with Crippen molar-refractivity contribution in [2.45, 2.75) is 32.4 Å². The van der Waals surface area contributed by atoms with Crippen molar-refractivity contribution in [2.24, 2.45) is 4.99 Å². The molecule has 1 aromatic rings. The van der Waals surface area contributed by atoms with Crippen LogP contribution in [0.1, 0.15) is 25.3 Å². The van der Waals surface area contributed by atoms with Gasteiger partial charge in [-0.15, -0.1) is 0 Å². The summed E-state index contributed by atoms with van der Waals surface area (Å²) in [5.74, 6) is 0.831. The lowest BCUT2D eigenvalue weighted by atomic mass is 10.2. The molecule has 4 nitrogen and oxygen atoms in total. The third-order valence-electron chi connectivity index (χ3n) is 4.04. The summed E-state index contributed by atoms with van der Waals surface area (Å²) < 4.78 is 0. The summed E-state index contributed by atoms with van der Waals surface area (Å²) in [6, 6.07) is 8.49. The van der Waals surface area contributed by atoms with Gasteiger partial charge in [0.2, 0.25) is 0 Å². The fraction of sp³-hybridized carbons (Fsp3) is 0.562. The van der Waals surface area contributed by atoms with Crippen molar-refractivity contribution in [3.63, 3.8) is 0 Å². The molecular formula is C16H25ClN4. The van der Waals surface area contributed by atoms with E-state index in [4.69, 9.17) is 11.6 Å². The lowest BCUT2D eigenvalue weighted by molar-refractivity contribution is 0.267. The molecule has 0 bridgehead atoms. The summed E-state index contributed by atoms with van der Waals surface area (Å²) in [5, 5.41) is 7.52. The van der Waals surface area contributed by atoms with E-state index in [0.29, 0.717) is 12.6 Å². The number of hydrogen-bond acceptors (Lipinski definition) is 2. The highest BCUT2D eigenvalue weighted by atomic mass is 35.5. The van der Waals surface area contributed by atoms with Crippen molar-refractivity contribution in [3.05, 3.63) is 34.9 Å². The zero-order chi connectivity index (χ0) is 15.1. The van der Waals surface area contributed by atoms with Crippen LogP contribution in [0.2, 0.25) is 5.02 Å². The van der Waals surface area contributed by atoms with Gasteiger partial charge in [0.25, 0.3) is 0 Å². The van der Waals surface area contributed by atoms with E-state index in [9.17, 15) is 0 Å². The Kier molecular flexibility index (Phi) is 6.33. The topological polar surface area (TPSA) is 39.7 Å². The fourth-order valence-electron chi connectivity index (χ4n) is 2.80. The van der Waals surface area contributed by atoms with Gasteiger partial charge in [-0.1, -0.05) is 36.7 Å². The third kappa shape index (κ3) is 4.61. The van der Waals surface area contributed by atoms with Gasteiger partial charge in [-0.2, -0.15) is 0 Å². The van der Waals surface area contributed by atoms with Crippen molar-refractivity contribution in [2.75, 3.05) is 26.7 Å². The molecule has 1 heterocycles. The highest BCUT2D eigenvalue weighted by molar-refractivity contribution is 6.31. The minimum Gasteiger partial charge on any atom is -0.355 e. The van der Waals surface area contributed by atoms with E-state index in [-0.39, 0.29) is 0 Å². The van der Waals surface area contributed by atoms with Crippen LogP contribution in [0.25, 0.3) is 0 Å². The number of nitrogens with one attached hydrogen (secondary N) is 2. The van der Waals surface area contributed by atoms with E-state index in [1.165, 1.54) is 19.4 Å². The lowest BCUT2D eigenvalue weighted by Crippen LogP contribution is -2.44. The number of guanidine groups is 1. The second-order valence-corrected chi connectivity index (χ2v) is 5.73. The van der Waals surface area contributed by atoms with Gasteiger partial charge < -0.3 is 10.6 Å². The number of hydrogen-bond donors (Lipinski definition) is 2. The minimum absolute atomic E-state index is 0.619. The van der Waals surface area contributed by atoms with Gasteiger partial charge in [-0.05, 0) is 37.6 Å². The monoisotopic (exact) mass is 308 g/mol. The number of rotatable bonds is 5. The number of nitrogens with zero attached hydrogens (tertiary/aromatic N) is 2. The van der Waals surface area contributed by atoms with Crippen LogP contribution in [0.3, 0.4) is 0 Å². The van der Waals surface area contributed by atoms with Crippen LogP contribution in [0.15, 0.2) is 29.3 Å². The Labute approximate surface area is 132 Å². The predicted molar refractivity (Wildman–Crippen MR) is 89.9 cm³/mol. The standard InChI is InChI=1S/C16H25ClN4/c1-3-21-10-6-8-14(21)12-20-16(18-2)19-11-13-7-4-5-9-15(13)17/h4-5,7,9,14H,3,6,8,10-12H2,1-2H3,(H2,18,19,20). The molecule has 0 radical (unpaired) electrons. The van der Waals surface area contributed by atoms with Crippen LogP contribution >= 0.6 is 11.6 Å². The number of benzene rings is 1. The molecule has 1 fully saturated rings. The first kappa shape index (κ1) is 16.1. The first-order valence-corrected chi connectivity index (χ1v) is 8.04. The molecule has 2 rings (SSSR count).